The van der Waals surface area contributed by atoms with Gasteiger partial charge in [-0.15, -0.1) is 11.3 Å². The Morgan fingerprint density at radius 1 is 0.959 bits per heavy atom. The first-order valence-electron chi connectivity index (χ1n) is 25.4. The number of hydrogen-bond donors (Lipinski definition) is 4. The van der Waals surface area contributed by atoms with Crippen LogP contribution >= 0.6 is 22.9 Å². The fourth-order valence-electron chi connectivity index (χ4n) is 11.6. The maximum absolute atomic E-state index is 14.3. The number of thiazole rings is 1. The second kappa shape index (κ2) is 21.4. The molecule has 4 amide bonds. The number of nitrogens with zero attached hydrogens (tertiary/aromatic N) is 5. The summed E-state index contributed by atoms with van der Waals surface area (Å²) >= 11 is 7.86. The third kappa shape index (κ3) is 11.5. The monoisotopic (exact) mass is 1030 g/mol. The van der Waals surface area contributed by atoms with Gasteiger partial charge in [0.15, 0.2) is 0 Å². The van der Waals surface area contributed by atoms with Gasteiger partial charge in [0, 0.05) is 73.1 Å². The molecule has 1 aliphatic carbocycles. The van der Waals surface area contributed by atoms with Crippen LogP contribution < -0.4 is 20.7 Å². The summed E-state index contributed by atoms with van der Waals surface area (Å²) in [6.45, 7) is 23.0. The minimum atomic E-state index is -0.913. The van der Waals surface area contributed by atoms with Crippen molar-refractivity contribution in [1.82, 2.24) is 35.6 Å². The number of hydrogen-bond acceptors (Lipinski definition) is 12. The number of aliphatic hydroxyl groups is 1. The number of β-amino-alcohol motifs (C(OH)–C–C–N with tert-alkyl or cyclic N) is 1. The Kier molecular flexibility index (Phi) is 15.8. The van der Waals surface area contributed by atoms with E-state index >= 15 is 0 Å². The van der Waals surface area contributed by atoms with Gasteiger partial charge in [0.2, 0.25) is 17.7 Å². The molecule has 4 aromatic rings. The Hall–Kier alpha value is -5.41. The fraction of sp³-hybridized carbons (Fsp3) is 0.536. The molecule has 0 unspecified atom stereocenters. The number of benzene rings is 3. The summed E-state index contributed by atoms with van der Waals surface area (Å²) in [5, 5.41) is 29.7. The van der Waals surface area contributed by atoms with E-state index in [-0.39, 0.29) is 77.6 Å². The van der Waals surface area contributed by atoms with E-state index in [2.05, 4.69) is 76.6 Å². The Morgan fingerprint density at radius 2 is 1.62 bits per heavy atom. The molecule has 0 bridgehead atoms. The van der Waals surface area contributed by atoms with Crippen LogP contribution in [-0.2, 0) is 24.5 Å². The van der Waals surface area contributed by atoms with Gasteiger partial charge in [-0.3, -0.25) is 24.1 Å². The first kappa shape index (κ1) is 53.9. The number of aromatic nitrogens is 1. The van der Waals surface area contributed by atoms with Crippen molar-refractivity contribution in [3.63, 3.8) is 0 Å². The van der Waals surface area contributed by atoms with E-state index in [4.69, 9.17) is 21.1 Å². The number of piperazine rings is 1. The molecule has 0 spiro atoms. The quantitative estimate of drug-likeness (QED) is 0.0914. The van der Waals surface area contributed by atoms with Crippen molar-refractivity contribution in [3.05, 3.63) is 105 Å². The highest BCUT2D eigenvalue weighted by molar-refractivity contribution is 7.13. The van der Waals surface area contributed by atoms with Crippen LogP contribution in [0.2, 0.25) is 5.02 Å². The predicted octanol–water partition coefficient (Wildman–Crippen LogP) is 6.90. The van der Waals surface area contributed by atoms with E-state index in [1.807, 2.05) is 76.5 Å². The van der Waals surface area contributed by atoms with Gasteiger partial charge in [-0.2, -0.15) is 5.26 Å². The molecule has 1 aromatic heterocycles. The van der Waals surface area contributed by atoms with Gasteiger partial charge in [0.05, 0.1) is 58.6 Å². The van der Waals surface area contributed by atoms with Crippen molar-refractivity contribution in [3.8, 4) is 22.3 Å². The molecular formula is C56H71ClN8O7S. The van der Waals surface area contributed by atoms with Crippen LogP contribution in [0, 0.1) is 34.5 Å². The lowest BCUT2D eigenvalue weighted by Gasteiger charge is -2.63. The van der Waals surface area contributed by atoms with Crippen LogP contribution in [0.4, 0.5) is 0 Å². The largest absolute Gasteiger partial charge is 0.489 e. The number of likely N-dealkylation sites (tertiary alicyclic amines) is 1. The molecule has 4 atom stereocenters. The molecule has 4 fully saturated rings. The molecule has 3 aliphatic heterocycles. The second-order valence-electron chi connectivity index (χ2n) is 22.9. The first-order chi connectivity index (χ1) is 34.5. The lowest BCUT2D eigenvalue weighted by Crippen LogP contribution is -2.74. The van der Waals surface area contributed by atoms with Crippen molar-refractivity contribution in [2.24, 2.45) is 16.2 Å². The fourth-order valence-corrected chi connectivity index (χ4v) is 12.6. The average Bonchev–Trinajstić information content (AvgIpc) is 3.96. The summed E-state index contributed by atoms with van der Waals surface area (Å²) in [5.41, 5.74) is 5.27. The number of rotatable bonds is 16. The third-order valence-electron chi connectivity index (χ3n) is 15.7. The van der Waals surface area contributed by atoms with E-state index in [1.165, 1.54) is 4.90 Å². The van der Waals surface area contributed by atoms with Crippen molar-refractivity contribution >= 4 is 46.6 Å². The Labute approximate surface area is 439 Å². The highest BCUT2D eigenvalue weighted by Gasteiger charge is 2.64. The standard InChI is InChI=1S/C56H71ClN8O7S/c1-34(36-10-12-37(13-11-36)46-35(2)59-33-73-46)60-49(69)44-26-41(66)29-65(44)50(70)47(53(3,4)5)61-45(67)30-64-24-22-63(23-25-64)21-20-56(31-71-32-56)40-17-14-38(15-18-40)48(68)62-51-54(6,7)52(55(51,8)9)72-42-19-16-39(28-58)43(57)27-42/h10-19,27,33-34,41,44,47,51-52,66H,20-26,29-32H2,1-9H3,(H,60,69)(H,61,67)(H,62,68)/t34-,41+,44-,47+,51?,52?/m0/s1. The predicted molar refractivity (Wildman–Crippen MR) is 282 cm³/mol. The van der Waals surface area contributed by atoms with Crippen LogP contribution in [0.25, 0.3) is 10.4 Å². The van der Waals surface area contributed by atoms with Gasteiger partial charge in [-0.05, 0) is 73.2 Å². The van der Waals surface area contributed by atoms with Crippen molar-refractivity contribution in [2.75, 3.05) is 59.0 Å². The van der Waals surface area contributed by atoms with Gasteiger partial charge in [-0.25, -0.2) is 4.98 Å². The maximum Gasteiger partial charge on any atom is 0.251 e. The van der Waals surface area contributed by atoms with E-state index in [9.17, 15) is 29.5 Å². The van der Waals surface area contributed by atoms with Crippen LogP contribution in [0.15, 0.2) is 72.2 Å². The summed E-state index contributed by atoms with van der Waals surface area (Å²) in [6.07, 6.45) is -0.0798. The number of carbonyl (C=O) groups excluding carboxylic acids is 4. The summed E-state index contributed by atoms with van der Waals surface area (Å²) in [5.74, 6) is -0.560. The molecule has 4 N–H and O–H groups in total. The molecule has 15 nitrogen and oxygen atoms in total. The molecule has 4 heterocycles. The van der Waals surface area contributed by atoms with Gasteiger partial charge in [0.1, 0.15) is 30.0 Å². The molecule has 0 radical (unpaired) electrons. The highest BCUT2D eigenvalue weighted by Crippen LogP contribution is 2.55. The number of amides is 4. The minimum absolute atomic E-state index is 0.00439. The number of nitriles is 1. The molecule has 3 aromatic carbocycles. The molecule has 17 heteroatoms. The Morgan fingerprint density at radius 3 is 2.19 bits per heavy atom. The van der Waals surface area contributed by atoms with Crippen LogP contribution in [0.3, 0.4) is 0 Å². The maximum atomic E-state index is 14.3. The van der Waals surface area contributed by atoms with E-state index < -0.39 is 23.6 Å². The average molecular weight is 1040 g/mol. The van der Waals surface area contributed by atoms with Crippen LogP contribution in [-0.4, -0.2) is 138 Å². The van der Waals surface area contributed by atoms with Gasteiger partial charge >= 0.3 is 0 Å². The molecule has 1 saturated carbocycles. The number of aryl methyl sites for hydroxylation is 1. The summed E-state index contributed by atoms with van der Waals surface area (Å²) in [7, 11) is 0. The van der Waals surface area contributed by atoms with E-state index in [0.717, 1.165) is 53.3 Å². The summed E-state index contributed by atoms with van der Waals surface area (Å²) < 4.78 is 12.2. The normalized spacial score (nSPS) is 23.2. The van der Waals surface area contributed by atoms with E-state index in [0.29, 0.717) is 48.2 Å². The lowest BCUT2D eigenvalue weighted by atomic mass is 9.49. The third-order valence-corrected chi connectivity index (χ3v) is 17.0. The smallest absolute Gasteiger partial charge is 0.251 e. The molecular weight excluding hydrogens is 964 g/mol. The zero-order chi connectivity index (χ0) is 52.6. The summed E-state index contributed by atoms with van der Waals surface area (Å²) in [4.78, 5) is 66.9. The molecule has 8 rings (SSSR count). The molecule has 3 saturated heterocycles. The number of halogens is 1. The van der Waals surface area contributed by atoms with Crippen LogP contribution in [0.1, 0.15) is 107 Å². The number of aliphatic hydroxyl groups excluding tert-OH is 1. The van der Waals surface area contributed by atoms with Gasteiger partial charge < -0.3 is 40.3 Å². The second-order valence-corrected chi connectivity index (χ2v) is 24.2. The topological polar surface area (TPSA) is 189 Å². The number of nitrogens with one attached hydrogen (secondary N) is 3. The van der Waals surface area contributed by atoms with Crippen molar-refractivity contribution in [2.45, 2.75) is 117 Å². The van der Waals surface area contributed by atoms with E-state index in [1.54, 1.807) is 29.5 Å². The Balaban J connectivity index is 0.796. The SMILES string of the molecule is Cc1ncsc1-c1ccc([C@H](C)NC(=O)[C@@H]2C[C@@H](O)CN2C(=O)[C@@H](NC(=O)CN2CCN(CCC3(c4ccc(C(=O)NC5C(C)(C)C(Oc6ccc(C#N)c(Cl)c6)C5(C)C)cc4)COC3)CC2)C(C)(C)C)cc1. The van der Waals surface area contributed by atoms with Crippen molar-refractivity contribution < 1.29 is 33.8 Å². The molecule has 390 valence electrons. The van der Waals surface area contributed by atoms with Crippen molar-refractivity contribution in [1.29, 1.82) is 5.26 Å². The molecule has 4 aliphatic rings. The Bertz CT molecular complexity index is 2690. The minimum Gasteiger partial charge on any atom is -0.489 e. The number of carbonyl (C=O) groups is 4. The zero-order valence-corrected chi connectivity index (χ0v) is 45.2. The zero-order valence-electron chi connectivity index (χ0n) is 43.6. The number of ether oxygens (including phenoxy) is 2. The summed E-state index contributed by atoms with van der Waals surface area (Å²) in [6, 6.07) is 20.7. The highest BCUT2D eigenvalue weighted by atomic mass is 35.5. The van der Waals surface area contributed by atoms with Gasteiger partial charge in [-0.1, -0.05) is 96.5 Å². The lowest BCUT2D eigenvalue weighted by molar-refractivity contribution is -0.164. The molecule has 73 heavy (non-hydrogen) atoms. The first-order valence-corrected chi connectivity index (χ1v) is 26.7. The van der Waals surface area contributed by atoms with Gasteiger partial charge in [0.25, 0.3) is 5.91 Å². The van der Waals surface area contributed by atoms with Crippen LogP contribution in [0.5, 0.6) is 5.75 Å².